The molecule has 1 aliphatic carbocycles. The average molecular weight is 244 g/mol. The molecular formula is C10H16N2O5. The van der Waals surface area contributed by atoms with E-state index < -0.39 is 23.9 Å². The van der Waals surface area contributed by atoms with E-state index in [4.69, 9.17) is 5.11 Å². The zero-order valence-corrected chi connectivity index (χ0v) is 9.56. The van der Waals surface area contributed by atoms with Gasteiger partial charge in [0, 0.05) is 6.04 Å². The lowest BCUT2D eigenvalue weighted by atomic mass is 10.0. The summed E-state index contributed by atoms with van der Waals surface area (Å²) in [5.41, 5.74) is 0. The molecule has 3 N–H and O–H groups in total. The number of carboxylic acids is 1. The van der Waals surface area contributed by atoms with E-state index in [1.54, 1.807) is 0 Å². The smallest absolute Gasteiger partial charge is 0.325 e. The predicted octanol–water partition coefficient (Wildman–Crippen LogP) is -0.288. The Bertz CT molecular complexity index is 318. The van der Waals surface area contributed by atoms with Gasteiger partial charge in [0.2, 0.25) is 0 Å². The standard InChI is InChI=1S/C10H16N2O5/c1-17-8(13)5-11-10(16)12-7-4-2-3-6(7)9(14)15/h6-7H,2-5H2,1H3,(H,14,15)(H2,11,12,16). The molecule has 0 saturated heterocycles. The summed E-state index contributed by atoms with van der Waals surface area (Å²) in [6.07, 6.45) is 1.98. The third-order valence-electron chi connectivity index (χ3n) is 2.77. The van der Waals surface area contributed by atoms with Gasteiger partial charge in [-0.3, -0.25) is 9.59 Å². The van der Waals surface area contributed by atoms with Crippen LogP contribution in [0.2, 0.25) is 0 Å². The maximum atomic E-state index is 11.4. The molecule has 1 fully saturated rings. The van der Waals surface area contributed by atoms with E-state index in [0.717, 1.165) is 6.42 Å². The number of nitrogens with one attached hydrogen (secondary N) is 2. The van der Waals surface area contributed by atoms with Crippen molar-refractivity contribution in [2.24, 2.45) is 5.92 Å². The van der Waals surface area contributed by atoms with Gasteiger partial charge in [0.25, 0.3) is 0 Å². The van der Waals surface area contributed by atoms with Crippen molar-refractivity contribution in [1.29, 1.82) is 0 Å². The monoisotopic (exact) mass is 244 g/mol. The fraction of sp³-hybridized carbons (Fsp3) is 0.700. The predicted molar refractivity (Wildman–Crippen MR) is 57.3 cm³/mol. The van der Waals surface area contributed by atoms with Crippen molar-refractivity contribution in [1.82, 2.24) is 10.6 Å². The van der Waals surface area contributed by atoms with Crippen molar-refractivity contribution in [3.05, 3.63) is 0 Å². The van der Waals surface area contributed by atoms with E-state index in [1.165, 1.54) is 7.11 Å². The molecule has 96 valence electrons. The molecule has 1 rings (SSSR count). The fourth-order valence-electron chi connectivity index (χ4n) is 1.87. The van der Waals surface area contributed by atoms with Gasteiger partial charge in [-0.2, -0.15) is 0 Å². The molecule has 1 aliphatic rings. The van der Waals surface area contributed by atoms with Crippen LogP contribution in [0, 0.1) is 5.92 Å². The van der Waals surface area contributed by atoms with E-state index in [1.807, 2.05) is 0 Å². The Morgan fingerprint density at radius 1 is 1.35 bits per heavy atom. The average Bonchev–Trinajstić information content (AvgIpc) is 2.74. The molecule has 1 saturated carbocycles. The van der Waals surface area contributed by atoms with Crippen molar-refractivity contribution in [3.63, 3.8) is 0 Å². The first-order chi connectivity index (χ1) is 8.04. The summed E-state index contributed by atoms with van der Waals surface area (Å²) in [4.78, 5) is 33.0. The molecule has 2 atom stereocenters. The van der Waals surface area contributed by atoms with Crippen LogP contribution < -0.4 is 10.6 Å². The van der Waals surface area contributed by atoms with Gasteiger partial charge in [-0.1, -0.05) is 6.42 Å². The highest BCUT2D eigenvalue weighted by molar-refractivity contribution is 5.81. The second-order valence-corrected chi connectivity index (χ2v) is 3.89. The van der Waals surface area contributed by atoms with Gasteiger partial charge in [-0.05, 0) is 12.8 Å². The Balaban J connectivity index is 2.35. The minimum absolute atomic E-state index is 0.229. The van der Waals surface area contributed by atoms with E-state index in [9.17, 15) is 14.4 Å². The molecule has 0 aromatic carbocycles. The van der Waals surface area contributed by atoms with E-state index in [-0.39, 0.29) is 12.6 Å². The topological polar surface area (TPSA) is 105 Å². The number of carbonyl (C=O) groups is 3. The largest absolute Gasteiger partial charge is 0.481 e. The van der Waals surface area contributed by atoms with Gasteiger partial charge in [0.05, 0.1) is 13.0 Å². The zero-order valence-electron chi connectivity index (χ0n) is 9.56. The molecule has 0 bridgehead atoms. The van der Waals surface area contributed by atoms with Crippen molar-refractivity contribution >= 4 is 18.0 Å². The number of amides is 2. The molecule has 0 aromatic rings. The van der Waals surface area contributed by atoms with Crippen LogP contribution in [0.5, 0.6) is 0 Å². The molecule has 0 aromatic heterocycles. The zero-order chi connectivity index (χ0) is 12.8. The number of hydrogen-bond donors (Lipinski definition) is 3. The van der Waals surface area contributed by atoms with Gasteiger partial charge in [0.1, 0.15) is 6.54 Å². The first-order valence-electron chi connectivity index (χ1n) is 5.38. The number of methoxy groups -OCH3 is 1. The summed E-state index contributed by atoms with van der Waals surface area (Å²) in [5, 5.41) is 13.8. The Labute approximate surface area is 98.5 Å². The highest BCUT2D eigenvalue weighted by Crippen LogP contribution is 2.25. The van der Waals surface area contributed by atoms with Crippen LogP contribution in [0.3, 0.4) is 0 Å². The molecule has 0 heterocycles. The molecule has 2 amide bonds. The molecule has 0 spiro atoms. The minimum atomic E-state index is -0.902. The summed E-state index contributed by atoms with van der Waals surface area (Å²) in [5.74, 6) is -2.00. The van der Waals surface area contributed by atoms with Crippen LogP contribution in [-0.2, 0) is 14.3 Å². The normalized spacial score (nSPS) is 22.9. The second kappa shape index (κ2) is 6.07. The van der Waals surface area contributed by atoms with Crippen LogP contribution >= 0.6 is 0 Å². The molecule has 2 unspecified atom stereocenters. The molecule has 7 nitrogen and oxygen atoms in total. The molecule has 0 aliphatic heterocycles. The fourth-order valence-corrected chi connectivity index (χ4v) is 1.87. The first-order valence-corrected chi connectivity index (χ1v) is 5.38. The van der Waals surface area contributed by atoms with Gasteiger partial charge in [-0.15, -0.1) is 0 Å². The van der Waals surface area contributed by atoms with Crippen LogP contribution in [0.4, 0.5) is 4.79 Å². The van der Waals surface area contributed by atoms with Crippen molar-refractivity contribution in [2.75, 3.05) is 13.7 Å². The van der Waals surface area contributed by atoms with E-state index >= 15 is 0 Å². The number of urea groups is 1. The van der Waals surface area contributed by atoms with E-state index in [0.29, 0.717) is 12.8 Å². The molecule has 0 radical (unpaired) electrons. The Morgan fingerprint density at radius 3 is 2.65 bits per heavy atom. The van der Waals surface area contributed by atoms with Gasteiger partial charge in [0.15, 0.2) is 0 Å². The maximum absolute atomic E-state index is 11.4. The van der Waals surface area contributed by atoms with Gasteiger partial charge >= 0.3 is 18.0 Å². The van der Waals surface area contributed by atoms with E-state index in [2.05, 4.69) is 15.4 Å². The van der Waals surface area contributed by atoms with Crippen molar-refractivity contribution in [2.45, 2.75) is 25.3 Å². The summed E-state index contributed by atoms with van der Waals surface area (Å²) >= 11 is 0. The third-order valence-corrected chi connectivity index (χ3v) is 2.77. The molecular weight excluding hydrogens is 228 g/mol. The molecule has 17 heavy (non-hydrogen) atoms. The van der Waals surface area contributed by atoms with Crippen LogP contribution in [-0.4, -0.2) is 42.8 Å². The van der Waals surface area contributed by atoms with Crippen molar-refractivity contribution in [3.8, 4) is 0 Å². The van der Waals surface area contributed by atoms with Gasteiger partial charge in [-0.25, -0.2) is 4.79 Å². The molecule has 7 heteroatoms. The number of carboxylic acid groups (broad SMARTS) is 1. The number of esters is 1. The van der Waals surface area contributed by atoms with Crippen molar-refractivity contribution < 1.29 is 24.2 Å². The summed E-state index contributed by atoms with van der Waals surface area (Å²) in [7, 11) is 1.22. The first kappa shape index (κ1) is 13.3. The second-order valence-electron chi connectivity index (χ2n) is 3.89. The van der Waals surface area contributed by atoms with Crippen LogP contribution in [0.1, 0.15) is 19.3 Å². The lowest BCUT2D eigenvalue weighted by molar-refractivity contribution is -0.142. The Kier molecular flexibility index (Phi) is 4.74. The number of aliphatic carboxylic acids is 1. The lowest BCUT2D eigenvalue weighted by Crippen LogP contribution is -2.46. The summed E-state index contributed by atoms with van der Waals surface area (Å²) in [6, 6.07) is -0.918. The number of ether oxygens (including phenoxy) is 1. The number of hydrogen-bond acceptors (Lipinski definition) is 4. The number of rotatable bonds is 4. The Hall–Kier alpha value is -1.79. The highest BCUT2D eigenvalue weighted by atomic mass is 16.5. The third kappa shape index (κ3) is 3.93. The quantitative estimate of drug-likeness (QED) is 0.589. The highest BCUT2D eigenvalue weighted by Gasteiger charge is 2.33. The van der Waals surface area contributed by atoms with Crippen LogP contribution in [0.15, 0.2) is 0 Å². The number of carbonyl (C=O) groups excluding carboxylic acids is 2. The summed E-state index contributed by atoms with van der Waals surface area (Å²) < 4.78 is 4.35. The SMILES string of the molecule is COC(=O)CNC(=O)NC1CCCC1C(=O)O. The Morgan fingerprint density at radius 2 is 2.06 bits per heavy atom. The minimum Gasteiger partial charge on any atom is -0.481 e. The van der Waals surface area contributed by atoms with Gasteiger partial charge < -0.3 is 20.5 Å². The van der Waals surface area contributed by atoms with Crippen LogP contribution in [0.25, 0.3) is 0 Å². The maximum Gasteiger partial charge on any atom is 0.325 e. The summed E-state index contributed by atoms with van der Waals surface area (Å²) in [6.45, 7) is -0.229. The lowest BCUT2D eigenvalue weighted by Gasteiger charge is -2.17.